The predicted molar refractivity (Wildman–Crippen MR) is 79.6 cm³/mol. The Morgan fingerprint density at radius 3 is 2.57 bits per heavy atom. The molecule has 106 valence electrons. The number of aromatic nitrogens is 3. The smallest absolute Gasteiger partial charge is 0.276 e. The molecular weight excluding hydrogens is 266 g/mol. The first-order chi connectivity index (χ1) is 10.1. The van der Waals surface area contributed by atoms with Crippen LogP contribution in [0.2, 0.25) is 0 Å². The summed E-state index contributed by atoms with van der Waals surface area (Å²) in [5.74, 6) is 5.47. The van der Waals surface area contributed by atoms with Crippen LogP contribution in [0, 0.1) is 25.7 Å². The van der Waals surface area contributed by atoms with Crippen LogP contribution in [-0.4, -0.2) is 27.4 Å². The summed E-state index contributed by atoms with van der Waals surface area (Å²) in [6, 6.07) is 5.14. The third-order valence-corrected chi connectivity index (χ3v) is 2.54. The van der Waals surface area contributed by atoms with Crippen LogP contribution in [0.1, 0.15) is 27.4 Å². The van der Waals surface area contributed by atoms with Gasteiger partial charge in [-0.15, -0.1) is 0 Å². The van der Waals surface area contributed by atoms with Gasteiger partial charge in [-0.25, -0.2) is 15.0 Å². The van der Waals surface area contributed by atoms with E-state index >= 15 is 0 Å². The highest BCUT2D eigenvalue weighted by Crippen LogP contribution is 2.06. The molecule has 0 aliphatic carbocycles. The zero-order chi connectivity index (χ0) is 15.2. The lowest BCUT2D eigenvalue weighted by Crippen LogP contribution is -2.16. The Hall–Kier alpha value is -2.78. The molecule has 0 unspecified atom stereocenters. The highest BCUT2D eigenvalue weighted by Gasteiger charge is 2.09. The van der Waals surface area contributed by atoms with E-state index in [0.29, 0.717) is 5.56 Å². The number of carbonyl (C=O) groups excluding carboxylic acids is 1. The number of hydrogen-bond acceptors (Lipinski definition) is 5. The Morgan fingerprint density at radius 2 is 2.00 bits per heavy atom. The first-order valence-electron chi connectivity index (χ1n) is 6.37. The fraction of sp³-hybridized carbons (Fsp3) is 0.200. The van der Waals surface area contributed by atoms with E-state index in [0.717, 1.165) is 11.4 Å². The lowest BCUT2D eigenvalue weighted by atomic mass is 10.2. The molecule has 2 aromatic heterocycles. The minimum Gasteiger partial charge on any atom is -0.320 e. The van der Waals surface area contributed by atoms with E-state index in [9.17, 15) is 4.79 Å². The van der Waals surface area contributed by atoms with Crippen molar-refractivity contribution in [2.75, 3.05) is 11.9 Å². The molecule has 0 fully saturated rings. The zero-order valence-corrected chi connectivity index (χ0v) is 11.8. The molecule has 2 aromatic rings. The van der Waals surface area contributed by atoms with E-state index in [1.807, 2.05) is 19.9 Å². The maximum atomic E-state index is 12.1. The van der Waals surface area contributed by atoms with Gasteiger partial charge in [0.1, 0.15) is 5.69 Å². The van der Waals surface area contributed by atoms with E-state index in [2.05, 4.69) is 32.1 Å². The maximum absolute atomic E-state index is 12.1. The number of carbonyl (C=O) groups is 1. The highest BCUT2D eigenvalue weighted by molar-refractivity contribution is 6.01. The normalized spacial score (nSPS) is 9.67. The Balaban J connectivity index is 2.13. The van der Waals surface area contributed by atoms with Crippen molar-refractivity contribution in [1.82, 2.24) is 15.0 Å². The van der Waals surface area contributed by atoms with Gasteiger partial charge in [0, 0.05) is 23.1 Å². The Bertz CT molecular complexity index is 693. The van der Waals surface area contributed by atoms with Crippen LogP contribution < -0.4 is 11.1 Å². The van der Waals surface area contributed by atoms with Gasteiger partial charge >= 0.3 is 0 Å². The summed E-state index contributed by atoms with van der Waals surface area (Å²) in [5.41, 5.74) is 7.85. The van der Waals surface area contributed by atoms with Gasteiger partial charge in [0.2, 0.25) is 5.95 Å². The molecule has 2 rings (SSSR count). The van der Waals surface area contributed by atoms with Crippen molar-refractivity contribution in [2.45, 2.75) is 13.8 Å². The van der Waals surface area contributed by atoms with Gasteiger partial charge < -0.3 is 5.73 Å². The molecule has 0 saturated heterocycles. The Labute approximate surface area is 122 Å². The van der Waals surface area contributed by atoms with E-state index in [4.69, 9.17) is 5.73 Å². The average Bonchev–Trinajstić information content (AvgIpc) is 2.44. The van der Waals surface area contributed by atoms with E-state index in [1.54, 1.807) is 12.1 Å². The third kappa shape index (κ3) is 4.09. The number of hydrogen-bond donors (Lipinski definition) is 2. The second-order valence-electron chi connectivity index (χ2n) is 4.37. The molecule has 0 spiro atoms. The number of aryl methyl sites for hydroxylation is 2. The molecule has 1 amide bonds. The van der Waals surface area contributed by atoms with Gasteiger partial charge in [0.05, 0.1) is 6.54 Å². The van der Waals surface area contributed by atoms with Gasteiger partial charge in [-0.05, 0) is 32.0 Å². The molecule has 0 bridgehead atoms. The van der Waals surface area contributed by atoms with Crippen molar-refractivity contribution in [3.05, 3.63) is 47.0 Å². The summed E-state index contributed by atoms with van der Waals surface area (Å²) in [6.45, 7) is 3.97. The molecule has 6 nitrogen and oxygen atoms in total. The second kappa shape index (κ2) is 6.59. The minimum absolute atomic E-state index is 0.270. The van der Waals surface area contributed by atoms with Crippen LogP contribution in [-0.2, 0) is 0 Å². The SMILES string of the molecule is Cc1cc(C)nc(NC(=O)c2ccc(C#CCN)cn2)n1. The summed E-state index contributed by atoms with van der Waals surface area (Å²) in [5, 5.41) is 2.62. The molecule has 21 heavy (non-hydrogen) atoms. The van der Waals surface area contributed by atoms with Crippen molar-refractivity contribution >= 4 is 11.9 Å². The van der Waals surface area contributed by atoms with Crippen LogP contribution in [0.15, 0.2) is 24.4 Å². The number of amides is 1. The van der Waals surface area contributed by atoms with Crippen molar-refractivity contribution in [1.29, 1.82) is 0 Å². The van der Waals surface area contributed by atoms with Gasteiger partial charge in [-0.3, -0.25) is 10.1 Å². The van der Waals surface area contributed by atoms with E-state index in [1.165, 1.54) is 6.20 Å². The van der Waals surface area contributed by atoms with Gasteiger partial charge in [0.15, 0.2) is 0 Å². The average molecular weight is 281 g/mol. The Kier molecular flexibility index (Phi) is 4.59. The summed E-state index contributed by atoms with van der Waals surface area (Å²) in [6.07, 6.45) is 1.53. The number of nitrogens with zero attached hydrogens (tertiary/aromatic N) is 3. The fourth-order valence-electron chi connectivity index (χ4n) is 1.70. The van der Waals surface area contributed by atoms with Crippen LogP contribution >= 0.6 is 0 Å². The quantitative estimate of drug-likeness (QED) is 0.802. The molecule has 0 aliphatic rings. The van der Waals surface area contributed by atoms with Crippen LogP contribution in [0.3, 0.4) is 0 Å². The molecule has 0 radical (unpaired) electrons. The minimum atomic E-state index is -0.363. The number of nitrogens with two attached hydrogens (primary N) is 1. The van der Waals surface area contributed by atoms with E-state index < -0.39 is 0 Å². The number of anilines is 1. The highest BCUT2D eigenvalue weighted by atomic mass is 16.2. The molecule has 0 aliphatic heterocycles. The van der Waals surface area contributed by atoms with Crippen LogP contribution in [0.5, 0.6) is 0 Å². The number of nitrogens with one attached hydrogen (secondary N) is 1. The van der Waals surface area contributed by atoms with Gasteiger partial charge in [-0.2, -0.15) is 0 Å². The van der Waals surface area contributed by atoms with Crippen molar-refractivity contribution in [3.63, 3.8) is 0 Å². The number of rotatable bonds is 2. The molecule has 0 atom stereocenters. The van der Waals surface area contributed by atoms with Crippen LogP contribution in [0.25, 0.3) is 0 Å². The van der Waals surface area contributed by atoms with Crippen molar-refractivity contribution < 1.29 is 4.79 Å². The lowest BCUT2D eigenvalue weighted by Gasteiger charge is -2.05. The third-order valence-electron chi connectivity index (χ3n) is 2.54. The maximum Gasteiger partial charge on any atom is 0.276 e. The zero-order valence-electron chi connectivity index (χ0n) is 11.8. The first-order valence-corrected chi connectivity index (χ1v) is 6.37. The molecule has 0 saturated carbocycles. The fourth-order valence-corrected chi connectivity index (χ4v) is 1.70. The molecule has 0 aromatic carbocycles. The summed E-state index contributed by atoms with van der Waals surface area (Å²) >= 11 is 0. The lowest BCUT2D eigenvalue weighted by molar-refractivity contribution is 0.102. The van der Waals surface area contributed by atoms with E-state index in [-0.39, 0.29) is 24.1 Å². The monoisotopic (exact) mass is 281 g/mol. The standard InChI is InChI=1S/C15H15N5O/c1-10-8-11(2)19-15(18-10)20-14(21)13-6-5-12(9-17-13)4-3-7-16/h5-6,8-9H,7,16H2,1-2H3,(H,18,19,20,21). The summed E-state index contributed by atoms with van der Waals surface area (Å²) in [4.78, 5) is 24.4. The summed E-state index contributed by atoms with van der Waals surface area (Å²) in [7, 11) is 0. The van der Waals surface area contributed by atoms with Gasteiger partial charge in [0.25, 0.3) is 5.91 Å². The van der Waals surface area contributed by atoms with Crippen molar-refractivity contribution in [2.24, 2.45) is 5.73 Å². The molecule has 3 N–H and O–H groups in total. The van der Waals surface area contributed by atoms with Crippen LogP contribution in [0.4, 0.5) is 5.95 Å². The molecule has 6 heteroatoms. The topological polar surface area (TPSA) is 93.8 Å². The van der Waals surface area contributed by atoms with Gasteiger partial charge in [-0.1, -0.05) is 11.8 Å². The Morgan fingerprint density at radius 1 is 1.29 bits per heavy atom. The first kappa shape index (κ1) is 14.6. The predicted octanol–water partition coefficient (Wildman–Crippen LogP) is 1.05. The molecular formula is C15H15N5O. The van der Waals surface area contributed by atoms with Crippen molar-refractivity contribution in [3.8, 4) is 11.8 Å². The largest absolute Gasteiger partial charge is 0.320 e. The molecule has 2 heterocycles. The second-order valence-corrected chi connectivity index (χ2v) is 4.37. The summed E-state index contributed by atoms with van der Waals surface area (Å²) < 4.78 is 0. The number of pyridine rings is 1.